The van der Waals surface area contributed by atoms with Crippen LogP contribution in [-0.4, -0.2) is 48.6 Å². The number of rotatable bonds is 8. The lowest BCUT2D eigenvalue weighted by Gasteiger charge is -2.47. The molecule has 1 fully saturated rings. The van der Waals surface area contributed by atoms with Gasteiger partial charge in [0.05, 0.1) is 12.7 Å². The van der Waals surface area contributed by atoms with Gasteiger partial charge in [-0.05, 0) is 55.1 Å². The van der Waals surface area contributed by atoms with Crippen molar-refractivity contribution in [1.82, 2.24) is 0 Å². The summed E-state index contributed by atoms with van der Waals surface area (Å²) < 4.78 is 11.7. The fraction of sp³-hybridized carbons (Fsp3) is 0.419. The molecule has 2 aromatic rings. The second kappa shape index (κ2) is 11.4. The molecule has 0 radical (unpaired) electrons. The molecule has 2 aromatic carbocycles. The SMILES string of the molecule is CCC/C(=C\c1ccccc1O)CC[C@H]1OB(O)C[C@H]2C1=C(COC)C[C@H]1C(=O)c3ccccc3C(=O)[C@H]12. The van der Waals surface area contributed by atoms with Crippen LogP contribution in [-0.2, 0) is 9.39 Å². The van der Waals surface area contributed by atoms with Crippen LogP contribution in [0.5, 0.6) is 5.75 Å². The van der Waals surface area contributed by atoms with Crippen molar-refractivity contribution >= 4 is 24.8 Å². The molecule has 0 unspecified atom stereocenters. The summed E-state index contributed by atoms with van der Waals surface area (Å²) in [5.41, 5.74) is 5.00. The number of carbonyl (C=O) groups is 2. The number of Topliss-reactive ketones (excluding diaryl/α,β-unsaturated/α-hetero) is 2. The maximum absolute atomic E-state index is 13.8. The number of carbonyl (C=O) groups excluding carboxylic acids is 2. The first kappa shape index (κ1) is 26.6. The van der Waals surface area contributed by atoms with E-state index < -0.39 is 19.0 Å². The second-order valence-corrected chi connectivity index (χ2v) is 10.7. The Morgan fingerprint density at radius 1 is 1.05 bits per heavy atom. The Hall–Kier alpha value is -3.00. The van der Waals surface area contributed by atoms with Crippen LogP contribution in [0.1, 0.15) is 65.3 Å². The van der Waals surface area contributed by atoms with Gasteiger partial charge in [0.15, 0.2) is 11.6 Å². The van der Waals surface area contributed by atoms with Crippen LogP contribution in [0.25, 0.3) is 6.08 Å². The number of phenolic OH excluding ortho intramolecular Hbond substituents is 1. The lowest BCUT2D eigenvalue weighted by molar-refractivity contribution is 0.0584. The van der Waals surface area contributed by atoms with Gasteiger partial charge >= 0.3 is 7.12 Å². The summed E-state index contributed by atoms with van der Waals surface area (Å²) in [7, 11) is 0.632. The average Bonchev–Trinajstić information content (AvgIpc) is 2.91. The van der Waals surface area contributed by atoms with E-state index in [-0.39, 0.29) is 35.7 Å². The molecule has 1 heterocycles. The molecule has 0 spiro atoms. The minimum Gasteiger partial charge on any atom is -0.507 e. The van der Waals surface area contributed by atoms with Crippen molar-refractivity contribution in [2.24, 2.45) is 17.8 Å². The quantitative estimate of drug-likeness (QED) is 0.357. The number of allylic oxidation sites excluding steroid dienone is 1. The molecule has 5 rings (SSSR count). The lowest BCUT2D eigenvalue weighted by Crippen LogP contribution is -2.51. The van der Waals surface area contributed by atoms with Crippen LogP contribution in [0.3, 0.4) is 0 Å². The molecular formula is C31H35BO6. The zero-order valence-electron chi connectivity index (χ0n) is 22.1. The molecule has 38 heavy (non-hydrogen) atoms. The molecule has 0 aromatic heterocycles. The predicted molar refractivity (Wildman–Crippen MR) is 147 cm³/mol. The molecule has 198 valence electrons. The van der Waals surface area contributed by atoms with Gasteiger partial charge < -0.3 is 19.5 Å². The fourth-order valence-electron chi connectivity index (χ4n) is 6.71. The fourth-order valence-corrected chi connectivity index (χ4v) is 6.71. The highest BCUT2D eigenvalue weighted by atomic mass is 16.5. The largest absolute Gasteiger partial charge is 0.507 e. The Bertz CT molecular complexity index is 1280. The van der Waals surface area contributed by atoms with Gasteiger partial charge in [-0.15, -0.1) is 0 Å². The van der Waals surface area contributed by atoms with Gasteiger partial charge in [-0.1, -0.05) is 67.5 Å². The lowest BCUT2D eigenvalue weighted by atomic mass is 9.54. The molecule has 4 atom stereocenters. The van der Waals surface area contributed by atoms with E-state index in [4.69, 9.17) is 9.39 Å². The summed E-state index contributed by atoms with van der Waals surface area (Å²) >= 11 is 0. The molecular weight excluding hydrogens is 479 g/mol. The van der Waals surface area contributed by atoms with E-state index in [0.29, 0.717) is 30.6 Å². The molecule has 7 heteroatoms. The number of ether oxygens (including phenoxy) is 1. The van der Waals surface area contributed by atoms with Crippen LogP contribution in [0.4, 0.5) is 0 Å². The first-order chi connectivity index (χ1) is 18.4. The molecule has 2 aliphatic carbocycles. The summed E-state index contributed by atoms with van der Waals surface area (Å²) in [5.74, 6) is -0.974. The Labute approximate surface area is 224 Å². The van der Waals surface area contributed by atoms with Crippen LogP contribution in [0.2, 0.25) is 6.32 Å². The standard InChI is InChI=1S/C31H35BO6/c1-3-8-19(15-20-9-4-7-12-26(20)33)13-14-27-28-21(18-37-2)16-24-29(25(28)17-32(36)38-27)31(35)23-11-6-5-10-22(23)30(24)34/h4-7,9-12,15,24-25,27,29,33,36H,3,8,13-14,16-18H2,1-2H3/b19-15+/t24-,25+,27-,29-/m1/s1. The zero-order valence-corrected chi connectivity index (χ0v) is 22.1. The van der Waals surface area contributed by atoms with Gasteiger partial charge in [0, 0.05) is 35.6 Å². The Kier molecular flexibility index (Phi) is 7.98. The van der Waals surface area contributed by atoms with Gasteiger partial charge in [0.2, 0.25) is 0 Å². The Morgan fingerprint density at radius 2 is 1.76 bits per heavy atom. The van der Waals surface area contributed by atoms with E-state index in [1.807, 2.05) is 18.2 Å². The number of methoxy groups -OCH3 is 1. The van der Waals surface area contributed by atoms with Crippen molar-refractivity contribution in [2.45, 2.75) is 51.5 Å². The van der Waals surface area contributed by atoms with Crippen LogP contribution in [0.15, 0.2) is 65.3 Å². The summed E-state index contributed by atoms with van der Waals surface area (Å²) in [4.78, 5) is 27.3. The van der Waals surface area contributed by atoms with Gasteiger partial charge in [-0.3, -0.25) is 9.59 Å². The Balaban J connectivity index is 1.48. The number of phenols is 1. The maximum atomic E-state index is 13.8. The van der Waals surface area contributed by atoms with Crippen molar-refractivity contribution in [2.75, 3.05) is 13.7 Å². The number of hydrogen-bond acceptors (Lipinski definition) is 6. The molecule has 1 saturated heterocycles. The minimum atomic E-state index is -1.01. The summed E-state index contributed by atoms with van der Waals surface area (Å²) in [5, 5.41) is 21.1. The van der Waals surface area contributed by atoms with Gasteiger partial charge in [-0.25, -0.2) is 0 Å². The summed E-state index contributed by atoms with van der Waals surface area (Å²) in [6, 6.07) is 14.4. The molecule has 3 aliphatic rings. The molecule has 0 bridgehead atoms. The normalized spacial score (nSPS) is 25.2. The Morgan fingerprint density at radius 3 is 2.47 bits per heavy atom. The van der Waals surface area contributed by atoms with Crippen LogP contribution in [0, 0.1) is 17.8 Å². The molecule has 2 N–H and O–H groups in total. The third kappa shape index (κ3) is 5.03. The summed E-state index contributed by atoms with van der Waals surface area (Å²) in [6.45, 7) is 2.49. The second-order valence-electron chi connectivity index (χ2n) is 10.7. The third-order valence-corrected chi connectivity index (χ3v) is 8.28. The van der Waals surface area contributed by atoms with E-state index in [1.54, 1.807) is 43.5 Å². The molecule has 1 aliphatic heterocycles. The third-order valence-electron chi connectivity index (χ3n) is 8.28. The zero-order chi connectivity index (χ0) is 26.8. The van der Waals surface area contributed by atoms with Crippen LogP contribution < -0.4 is 0 Å². The van der Waals surface area contributed by atoms with Gasteiger partial charge in [0.1, 0.15) is 5.75 Å². The monoisotopic (exact) mass is 514 g/mol. The smallest absolute Gasteiger partial charge is 0.455 e. The van der Waals surface area contributed by atoms with E-state index >= 15 is 0 Å². The first-order valence-corrected chi connectivity index (χ1v) is 13.6. The average molecular weight is 514 g/mol. The van der Waals surface area contributed by atoms with E-state index in [2.05, 4.69) is 6.92 Å². The number of benzene rings is 2. The predicted octanol–water partition coefficient (Wildman–Crippen LogP) is 5.51. The molecule has 6 nitrogen and oxygen atoms in total. The number of ketones is 2. The van der Waals surface area contributed by atoms with Crippen molar-refractivity contribution < 1.29 is 29.1 Å². The van der Waals surface area contributed by atoms with Crippen LogP contribution >= 0.6 is 0 Å². The van der Waals surface area contributed by atoms with Crippen molar-refractivity contribution in [1.29, 1.82) is 0 Å². The van der Waals surface area contributed by atoms with Crippen molar-refractivity contribution in [3.8, 4) is 5.75 Å². The maximum Gasteiger partial charge on any atom is 0.455 e. The van der Waals surface area contributed by atoms with Gasteiger partial charge in [0.25, 0.3) is 0 Å². The molecule has 0 amide bonds. The number of para-hydroxylation sites is 1. The highest BCUT2D eigenvalue weighted by molar-refractivity contribution is 6.43. The number of fused-ring (bicyclic) bond motifs is 4. The minimum absolute atomic E-state index is 0.00576. The highest BCUT2D eigenvalue weighted by Crippen LogP contribution is 2.51. The van der Waals surface area contributed by atoms with E-state index in [9.17, 15) is 19.7 Å². The van der Waals surface area contributed by atoms with E-state index in [1.165, 1.54) is 5.57 Å². The number of aromatic hydroxyl groups is 1. The topological polar surface area (TPSA) is 93.1 Å². The van der Waals surface area contributed by atoms with Crippen molar-refractivity contribution in [3.63, 3.8) is 0 Å². The summed E-state index contributed by atoms with van der Waals surface area (Å²) in [6.07, 6.45) is 5.62. The first-order valence-electron chi connectivity index (χ1n) is 13.6. The molecule has 0 saturated carbocycles. The number of hydrogen-bond donors (Lipinski definition) is 2. The van der Waals surface area contributed by atoms with Gasteiger partial charge in [-0.2, -0.15) is 0 Å². The van der Waals surface area contributed by atoms with Crippen molar-refractivity contribution in [3.05, 3.63) is 81.9 Å². The highest BCUT2D eigenvalue weighted by Gasteiger charge is 2.53. The van der Waals surface area contributed by atoms with E-state index in [0.717, 1.165) is 36.0 Å².